The number of carbonyl (C=O) groups excluding carboxylic acids is 2. The molecule has 11 heteroatoms. The third kappa shape index (κ3) is 5.82. The lowest BCUT2D eigenvalue weighted by molar-refractivity contribution is -0.150. The Morgan fingerprint density at radius 3 is 2.58 bits per heavy atom. The molecule has 2 aromatic carbocycles. The van der Waals surface area contributed by atoms with Crippen molar-refractivity contribution in [1.29, 1.82) is 5.26 Å². The molecule has 7 nitrogen and oxygen atoms in total. The maximum atomic E-state index is 15.7. The highest BCUT2D eigenvalue weighted by Gasteiger charge is 2.62. The number of nitrogens with one attached hydrogen (secondary N) is 1. The number of nitrogens with zero attached hydrogens (tertiary/aromatic N) is 1. The second kappa shape index (κ2) is 11.6. The van der Waals surface area contributed by atoms with E-state index in [-0.39, 0.29) is 26.6 Å². The van der Waals surface area contributed by atoms with E-state index in [0.717, 1.165) is 18.9 Å². The van der Waals surface area contributed by atoms with Crippen molar-refractivity contribution >= 4 is 35.1 Å². The zero-order valence-electron chi connectivity index (χ0n) is 22.1. The zero-order valence-corrected chi connectivity index (χ0v) is 23.6. The number of aliphatic hydroxyl groups excluding tert-OH is 1. The lowest BCUT2D eigenvalue weighted by Gasteiger charge is -2.38. The van der Waals surface area contributed by atoms with Crippen LogP contribution < -0.4 is 11.1 Å². The maximum Gasteiger partial charge on any atom is 0.323 e. The number of amides is 1. The molecule has 4 N–H and O–H groups in total. The van der Waals surface area contributed by atoms with Crippen LogP contribution in [0.25, 0.3) is 0 Å². The van der Waals surface area contributed by atoms with E-state index in [0.29, 0.717) is 12.3 Å². The highest BCUT2D eigenvalue weighted by molar-refractivity contribution is 6.31. The zero-order chi connectivity index (χ0) is 29.4. The average molecular weight is 594 g/mol. The van der Waals surface area contributed by atoms with Gasteiger partial charge in [0.05, 0.1) is 23.6 Å². The van der Waals surface area contributed by atoms with Gasteiger partial charge in [-0.3, -0.25) is 14.9 Å². The van der Waals surface area contributed by atoms with E-state index >= 15 is 8.78 Å². The van der Waals surface area contributed by atoms with E-state index in [1.54, 1.807) is 0 Å². The van der Waals surface area contributed by atoms with Crippen LogP contribution in [0.1, 0.15) is 56.6 Å². The molecule has 214 valence electrons. The van der Waals surface area contributed by atoms with Gasteiger partial charge < -0.3 is 15.6 Å². The second-order valence-corrected chi connectivity index (χ2v) is 12.2. The van der Waals surface area contributed by atoms with Gasteiger partial charge in [-0.25, -0.2) is 8.78 Å². The van der Waals surface area contributed by atoms with Crippen LogP contribution in [0, 0.1) is 34.3 Å². The minimum Gasteiger partial charge on any atom is -0.462 e. The fraction of sp³-hybridized carbons (Fsp3) is 0.483. The van der Waals surface area contributed by atoms with E-state index in [9.17, 15) is 20.0 Å². The summed E-state index contributed by atoms with van der Waals surface area (Å²) in [5, 5.41) is 24.0. The molecule has 0 radical (unpaired) electrons. The molecule has 1 aliphatic carbocycles. The summed E-state index contributed by atoms with van der Waals surface area (Å²) >= 11 is 12.2. The molecule has 1 saturated heterocycles. The highest BCUT2D eigenvalue weighted by atomic mass is 35.5. The number of ether oxygens (including phenoxy) is 1. The van der Waals surface area contributed by atoms with Crippen LogP contribution in [-0.2, 0) is 19.7 Å². The fourth-order valence-corrected chi connectivity index (χ4v) is 6.38. The predicted octanol–water partition coefficient (Wildman–Crippen LogP) is 4.76. The Morgan fingerprint density at radius 1 is 1.27 bits per heavy atom. The molecule has 2 aliphatic rings. The SMILES string of the molecule is CC(C)(C[C@@H]1N[C@@H](C(=O)OC[C@@H](O)CC(N)=O)[C@H](c2cccc(Cl)c2F)[C@@]1(C#N)c1ccc(Cl)cc1F)C1CC1. The molecular weight excluding hydrogens is 563 g/mol. The molecule has 40 heavy (non-hydrogen) atoms. The summed E-state index contributed by atoms with van der Waals surface area (Å²) in [5.74, 6) is -4.23. The molecule has 5 atom stereocenters. The molecular formula is C29H31Cl2F2N3O4. The first-order valence-corrected chi connectivity index (χ1v) is 13.8. The molecule has 0 spiro atoms. The minimum atomic E-state index is -1.79. The number of carbonyl (C=O) groups is 2. The summed E-state index contributed by atoms with van der Waals surface area (Å²) in [4.78, 5) is 24.7. The molecule has 4 rings (SSSR count). The Balaban J connectivity index is 1.88. The molecule has 2 aromatic rings. The molecule has 0 aromatic heterocycles. The largest absolute Gasteiger partial charge is 0.462 e. The van der Waals surface area contributed by atoms with Crippen LogP contribution in [0.4, 0.5) is 8.78 Å². The normalized spacial score (nSPS) is 25.3. The number of primary amides is 1. The molecule has 1 amide bonds. The average Bonchev–Trinajstić information content (AvgIpc) is 3.69. The van der Waals surface area contributed by atoms with Gasteiger partial charge in [0, 0.05) is 22.5 Å². The summed E-state index contributed by atoms with van der Waals surface area (Å²) in [5.41, 5.74) is 2.92. The van der Waals surface area contributed by atoms with E-state index in [2.05, 4.69) is 11.4 Å². The van der Waals surface area contributed by atoms with Gasteiger partial charge in [-0.2, -0.15) is 5.26 Å². The Kier molecular flexibility index (Phi) is 8.77. The summed E-state index contributed by atoms with van der Waals surface area (Å²) < 4.78 is 36.7. The molecule has 2 fully saturated rings. The Bertz CT molecular complexity index is 1350. The number of hydrogen-bond donors (Lipinski definition) is 3. The molecule has 1 heterocycles. The first-order valence-electron chi connectivity index (χ1n) is 13.0. The molecule has 0 unspecified atom stereocenters. The van der Waals surface area contributed by atoms with Gasteiger partial charge in [0.25, 0.3) is 0 Å². The molecule has 1 saturated carbocycles. The monoisotopic (exact) mass is 593 g/mol. The van der Waals surface area contributed by atoms with E-state index in [4.69, 9.17) is 33.7 Å². The third-order valence-electron chi connectivity index (χ3n) is 8.15. The van der Waals surface area contributed by atoms with Crippen LogP contribution in [0.2, 0.25) is 10.0 Å². The molecule has 0 bridgehead atoms. The van der Waals surface area contributed by atoms with Crippen molar-refractivity contribution in [2.75, 3.05) is 6.61 Å². The number of esters is 1. The first kappa shape index (κ1) is 30.2. The number of aliphatic hydroxyl groups is 1. The van der Waals surface area contributed by atoms with Crippen LogP contribution in [0.3, 0.4) is 0 Å². The third-order valence-corrected chi connectivity index (χ3v) is 8.68. The number of rotatable bonds is 10. The standard InChI is InChI=1S/C29H31Cl2F2N3O4/c1-28(2,15-6-7-15)12-22-29(14-34,19-9-8-16(30)10-21(19)32)24(18-4-3-5-20(31)25(18)33)26(36-22)27(39)40-13-17(37)11-23(35)38/h3-5,8-10,15,17,22,24,26,36-37H,6-7,11-13H2,1-2H3,(H2,35,38)/t17-,22-,24-,26+,29-/m0/s1. The lowest BCUT2D eigenvalue weighted by atomic mass is 9.62. The van der Waals surface area contributed by atoms with Crippen LogP contribution in [-0.4, -0.2) is 41.8 Å². The topological polar surface area (TPSA) is 125 Å². The van der Waals surface area contributed by atoms with Gasteiger partial charge in [-0.15, -0.1) is 0 Å². The van der Waals surface area contributed by atoms with Crippen molar-refractivity contribution in [3.8, 4) is 6.07 Å². The van der Waals surface area contributed by atoms with E-state index in [1.807, 2.05) is 13.8 Å². The van der Waals surface area contributed by atoms with Gasteiger partial charge in [0.15, 0.2) is 0 Å². The van der Waals surface area contributed by atoms with Crippen molar-refractivity contribution in [3.63, 3.8) is 0 Å². The van der Waals surface area contributed by atoms with Crippen LogP contribution in [0.15, 0.2) is 36.4 Å². The minimum absolute atomic E-state index is 0.0445. The number of nitrogens with two attached hydrogens (primary N) is 1. The second-order valence-electron chi connectivity index (χ2n) is 11.3. The maximum absolute atomic E-state index is 15.7. The highest BCUT2D eigenvalue weighted by Crippen LogP contribution is 2.56. The predicted molar refractivity (Wildman–Crippen MR) is 145 cm³/mol. The molecule has 1 aliphatic heterocycles. The lowest BCUT2D eigenvalue weighted by Crippen LogP contribution is -2.45. The van der Waals surface area contributed by atoms with E-state index < -0.39 is 66.1 Å². The van der Waals surface area contributed by atoms with Gasteiger partial charge in [-0.1, -0.05) is 55.2 Å². The summed E-state index contributed by atoms with van der Waals surface area (Å²) in [6, 6.07) is 8.27. The van der Waals surface area contributed by atoms with Crippen molar-refractivity contribution in [1.82, 2.24) is 5.32 Å². The Labute approximate surface area is 241 Å². The van der Waals surface area contributed by atoms with Crippen molar-refractivity contribution in [3.05, 3.63) is 69.2 Å². The van der Waals surface area contributed by atoms with Crippen LogP contribution in [0.5, 0.6) is 0 Å². The summed E-state index contributed by atoms with van der Waals surface area (Å²) in [6.45, 7) is 3.54. The summed E-state index contributed by atoms with van der Waals surface area (Å²) in [6.07, 6.45) is 0.575. The van der Waals surface area contributed by atoms with Crippen molar-refractivity contribution in [2.24, 2.45) is 17.1 Å². The van der Waals surface area contributed by atoms with Crippen molar-refractivity contribution < 1.29 is 28.2 Å². The Morgan fingerprint density at radius 2 is 1.98 bits per heavy atom. The summed E-state index contributed by atoms with van der Waals surface area (Å²) in [7, 11) is 0. The fourth-order valence-electron chi connectivity index (χ4n) is 6.04. The van der Waals surface area contributed by atoms with Crippen LogP contribution >= 0.6 is 23.2 Å². The van der Waals surface area contributed by atoms with Gasteiger partial charge in [-0.05, 0) is 54.4 Å². The van der Waals surface area contributed by atoms with Crippen molar-refractivity contribution in [2.45, 2.75) is 69.1 Å². The van der Waals surface area contributed by atoms with Gasteiger partial charge >= 0.3 is 5.97 Å². The quantitative estimate of drug-likeness (QED) is 0.341. The van der Waals surface area contributed by atoms with Gasteiger partial charge in [0.1, 0.15) is 29.7 Å². The number of halogens is 4. The number of benzene rings is 2. The first-order chi connectivity index (χ1) is 18.8. The Hall–Kier alpha value is -2.77. The van der Waals surface area contributed by atoms with E-state index in [1.165, 1.54) is 30.3 Å². The number of nitriles is 1. The van der Waals surface area contributed by atoms with Gasteiger partial charge in [0.2, 0.25) is 5.91 Å². The smallest absolute Gasteiger partial charge is 0.323 e. The number of hydrogen-bond acceptors (Lipinski definition) is 6.